The molecule has 0 bridgehead atoms. The second-order valence-corrected chi connectivity index (χ2v) is 10.2. The summed E-state index contributed by atoms with van der Waals surface area (Å²) in [5.41, 5.74) is 4.03. The quantitative estimate of drug-likeness (QED) is 0.547. The zero-order chi connectivity index (χ0) is 23.4. The molecule has 0 saturated heterocycles. The largest absolute Gasteiger partial charge is 0.496 e. The summed E-state index contributed by atoms with van der Waals surface area (Å²) in [6.07, 6.45) is 2.79. The minimum Gasteiger partial charge on any atom is -0.496 e. The number of carbonyl (C=O) groups excluding carboxylic acids is 1. The predicted octanol–water partition coefficient (Wildman–Crippen LogP) is 3.82. The van der Waals surface area contributed by atoms with Gasteiger partial charge >= 0.3 is 0 Å². The van der Waals surface area contributed by atoms with Gasteiger partial charge in [-0.15, -0.1) is 0 Å². The first-order valence-electron chi connectivity index (χ1n) is 10.8. The minimum absolute atomic E-state index is 0.0212. The number of fused-ring (bicyclic) bond motifs is 1. The molecule has 1 amide bonds. The van der Waals surface area contributed by atoms with E-state index in [0.29, 0.717) is 30.7 Å². The molecule has 0 aromatic heterocycles. The number of hydrogen-bond donors (Lipinski definition) is 1. The predicted molar refractivity (Wildman–Crippen MR) is 127 cm³/mol. The van der Waals surface area contributed by atoms with Gasteiger partial charge in [0.15, 0.2) is 9.84 Å². The second kappa shape index (κ2) is 9.67. The lowest BCUT2D eigenvalue weighted by molar-refractivity contribution is -0.121. The number of rotatable bonds is 8. The summed E-state index contributed by atoms with van der Waals surface area (Å²) in [5, 5.41) is 2.97. The number of amides is 1. The van der Waals surface area contributed by atoms with Gasteiger partial charge in [-0.25, -0.2) is 8.42 Å². The van der Waals surface area contributed by atoms with Crippen LogP contribution in [0.4, 0.5) is 0 Å². The molecule has 6 nitrogen and oxygen atoms in total. The molecule has 4 rings (SSSR count). The minimum atomic E-state index is -3.22. The molecule has 0 spiro atoms. The lowest BCUT2D eigenvalue weighted by Gasteiger charge is -2.12. The topological polar surface area (TPSA) is 81.7 Å². The van der Waals surface area contributed by atoms with Crippen LogP contribution in [0.15, 0.2) is 71.6 Å². The van der Waals surface area contributed by atoms with E-state index in [9.17, 15) is 13.2 Å². The maximum absolute atomic E-state index is 12.3. The van der Waals surface area contributed by atoms with Crippen molar-refractivity contribution in [2.24, 2.45) is 0 Å². The molecule has 33 heavy (non-hydrogen) atoms. The average Bonchev–Trinajstić information content (AvgIpc) is 3.23. The van der Waals surface area contributed by atoms with Crippen LogP contribution in [0.3, 0.4) is 0 Å². The van der Waals surface area contributed by atoms with Crippen LogP contribution in [-0.4, -0.2) is 40.3 Å². The normalized spacial score (nSPS) is 14.9. The highest BCUT2D eigenvalue weighted by atomic mass is 32.2. The van der Waals surface area contributed by atoms with Crippen LogP contribution in [0.1, 0.15) is 17.5 Å². The van der Waals surface area contributed by atoms with Gasteiger partial charge in [0, 0.05) is 19.1 Å². The van der Waals surface area contributed by atoms with Gasteiger partial charge in [-0.3, -0.25) is 4.79 Å². The zero-order valence-corrected chi connectivity index (χ0v) is 19.5. The number of carbonyl (C=O) groups is 1. The number of nitrogens with one attached hydrogen (secondary N) is 1. The fourth-order valence-electron chi connectivity index (χ4n) is 3.98. The molecule has 0 radical (unpaired) electrons. The van der Waals surface area contributed by atoms with Gasteiger partial charge in [0.05, 0.1) is 18.6 Å². The Bertz CT molecular complexity index is 1250. The van der Waals surface area contributed by atoms with E-state index in [1.54, 1.807) is 19.2 Å². The van der Waals surface area contributed by atoms with E-state index in [2.05, 4.69) is 11.4 Å². The molecule has 0 aliphatic carbocycles. The van der Waals surface area contributed by atoms with Crippen LogP contribution >= 0.6 is 0 Å². The van der Waals surface area contributed by atoms with Crippen molar-refractivity contribution < 1.29 is 22.7 Å². The molecular weight excluding hydrogens is 438 g/mol. The summed E-state index contributed by atoms with van der Waals surface area (Å²) in [5.74, 6) is 1.59. The average molecular weight is 466 g/mol. The van der Waals surface area contributed by atoms with Crippen molar-refractivity contribution in [3.05, 3.63) is 77.9 Å². The van der Waals surface area contributed by atoms with Gasteiger partial charge in [0.1, 0.15) is 17.6 Å². The number of methoxy groups -OCH3 is 1. The van der Waals surface area contributed by atoms with Gasteiger partial charge < -0.3 is 14.8 Å². The molecule has 172 valence electrons. The van der Waals surface area contributed by atoms with Crippen molar-refractivity contribution in [1.29, 1.82) is 0 Å². The number of aryl methyl sites for hydroxylation is 1. The van der Waals surface area contributed by atoms with Crippen molar-refractivity contribution >= 4 is 15.7 Å². The molecule has 1 atom stereocenters. The first kappa shape index (κ1) is 22.9. The number of benzene rings is 3. The van der Waals surface area contributed by atoms with Crippen LogP contribution in [0.5, 0.6) is 11.5 Å². The second-order valence-electron chi connectivity index (χ2n) is 8.18. The van der Waals surface area contributed by atoms with E-state index in [4.69, 9.17) is 9.47 Å². The Hall–Kier alpha value is -3.32. The van der Waals surface area contributed by atoms with Gasteiger partial charge in [-0.1, -0.05) is 36.4 Å². The van der Waals surface area contributed by atoms with Gasteiger partial charge in [-0.05, 0) is 59.0 Å². The number of sulfone groups is 1. The molecule has 1 heterocycles. The first-order chi connectivity index (χ1) is 15.8. The van der Waals surface area contributed by atoms with Crippen molar-refractivity contribution in [2.45, 2.75) is 30.3 Å². The highest BCUT2D eigenvalue weighted by Gasteiger charge is 2.24. The smallest absolute Gasteiger partial charge is 0.220 e. The van der Waals surface area contributed by atoms with E-state index in [0.717, 1.165) is 33.8 Å². The highest BCUT2D eigenvalue weighted by Crippen LogP contribution is 2.33. The van der Waals surface area contributed by atoms with E-state index >= 15 is 0 Å². The van der Waals surface area contributed by atoms with Crippen molar-refractivity contribution in [1.82, 2.24) is 5.32 Å². The lowest BCUT2D eigenvalue weighted by atomic mass is 10.0. The molecule has 0 fully saturated rings. The van der Waals surface area contributed by atoms with Gasteiger partial charge in [-0.2, -0.15) is 0 Å². The fraction of sp³-hybridized carbons (Fsp3) is 0.269. The Kier molecular flexibility index (Phi) is 6.70. The highest BCUT2D eigenvalue weighted by molar-refractivity contribution is 7.90. The zero-order valence-electron chi connectivity index (χ0n) is 18.7. The molecule has 1 aliphatic rings. The maximum atomic E-state index is 12.3. The van der Waals surface area contributed by atoms with Gasteiger partial charge in [0.2, 0.25) is 5.91 Å². The third-order valence-corrected chi connectivity index (χ3v) is 6.89. The molecule has 0 saturated carbocycles. The fourth-order valence-corrected chi connectivity index (χ4v) is 4.61. The number of ether oxygens (including phenoxy) is 2. The number of hydrogen-bond acceptors (Lipinski definition) is 5. The van der Waals surface area contributed by atoms with Crippen molar-refractivity contribution in [3.8, 4) is 22.6 Å². The van der Waals surface area contributed by atoms with Crippen molar-refractivity contribution in [3.63, 3.8) is 0 Å². The van der Waals surface area contributed by atoms with Crippen molar-refractivity contribution in [2.75, 3.05) is 19.9 Å². The molecule has 0 unspecified atom stereocenters. The molecular formula is C26H27NO5S. The third-order valence-electron chi connectivity index (χ3n) is 5.76. The van der Waals surface area contributed by atoms with E-state index in [1.165, 1.54) is 6.26 Å². The van der Waals surface area contributed by atoms with Crippen LogP contribution < -0.4 is 14.8 Å². The Balaban J connectivity index is 1.32. The Morgan fingerprint density at radius 3 is 2.52 bits per heavy atom. The van der Waals surface area contributed by atoms with Gasteiger partial charge in [0.25, 0.3) is 0 Å². The first-order valence-corrected chi connectivity index (χ1v) is 12.7. The van der Waals surface area contributed by atoms with Crippen LogP contribution in [0, 0.1) is 0 Å². The molecule has 1 aliphatic heterocycles. The lowest BCUT2D eigenvalue weighted by Crippen LogP contribution is -2.34. The van der Waals surface area contributed by atoms with Crippen LogP contribution in [-0.2, 0) is 27.5 Å². The number of para-hydroxylation sites is 1. The summed E-state index contributed by atoms with van der Waals surface area (Å²) in [7, 11) is -1.59. The summed E-state index contributed by atoms with van der Waals surface area (Å²) in [6.45, 7) is 0.442. The Morgan fingerprint density at radius 1 is 1.06 bits per heavy atom. The summed E-state index contributed by atoms with van der Waals surface area (Å²) < 4.78 is 34.7. The monoisotopic (exact) mass is 465 g/mol. The maximum Gasteiger partial charge on any atom is 0.220 e. The van der Waals surface area contributed by atoms with E-state index in [-0.39, 0.29) is 12.0 Å². The SMILES string of the molecule is COc1ccccc1CCC(=O)NC[C@H]1Cc2cc(-c3ccc(S(C)(=O)=O)cc3)ccc2O1. The molecule has 3 aromatic carbocycles. The summed E-state index contributed by atoms with van der Waals surface area (Å²) in [6, 6.07) is 20.5. The van der Waals surface area contributed by atoms with Crippen LogP contribution in [0.25, 0.3) is 11.1 Å². The van der Waals surface area contributed by atoms with Crippen LogP contribution in [0.2, 0.25) is 0 Å². The Labute approximate surface area is 194 Å². The molecule has 3 aromatic rings. The summed E-state index contributed by atoms with van der Waals surface area (Å²) >= 11 is 0. The van der Waals surface area contributed by atoms with E-state index < -0.39 is 9.84 Å². The molecule has 1 N–H and O–H groups in total. The standard InChI is InChI=1S/C26H27NO5S/c1-31-24-6-4-3-5-19(24)10-14-26(28)27-17-22-16-21-15-20(9-13-25(21)32-22)18-7-11-23(12-8-18)33(2,29)30/h3-9,11-13,15,22H,10,14,16-17H2,1-2H3,(H,27,28)/t22-/m1/s1. The third kappa shape index (κ3) is 5.54. The Morgan fingerprint density at radius 2 is 1.79 bits per heavy atom. The molecule has 7 heteroatoms. The van der Waals surface area contributed by atoms with E-state index in [1.807, 2.05) is 48.5 Å². The summed E-state index contributed by atoms with van der Waals surface area (Å²) in [4.78, 5) is 12.6.